The molecule has 0 unspecified atom stereocenters. The van der Waals surface area contributed by atoms with E-state index in [0.29, 0.717) is 50.6 Å². The Labute approximate surface area is 171 Å². The van der Waals surface area contributed by atoms with Crippen molar-refractivity contribution in [3.8, 4) is 0 Å². The Bertz CT molecular complexity index is 689. The maximum Gasteiger partial charge on any atom is 0.315 e. The second-order valence-corrected chi connectivity index (χ2v) is 7.65. The Kier molecular flexibility index (Phi) is 8.10. The van der Waals surface area contributed by atoms with Crippen molar-refractivity contribution in [3.05, 3.63) is 24.0 Å². The maximum atomic E-state index is 14.4. The molecule has 0 radical (unpaired) electrons. The summed E-state index contributed by atoms with van der Waals surface area (Å²) in [5, 5.41) is 8.49. The number of nitrogens with zero attached hydrogens (tertiary/aromatic N) is 1. The van der Waals surface area contributed by atoms with Crippen LogP contribution in [0.5, 0.6) is 0 Å². The summed E-state index contributed by atoms with van der Waals surface area (Å²) in [7, 11) is 0. The van der Waals surface area contributed by atoms with Gasteiger partial charge in [-0.2, -0.15) is 0 Å². The number of benzene rings is 1. The van der Waals surface area contributed by atoms with E-state index in [-0.39, 0.29) is 30.2 Å². The van der Waals surface area contributed by atoms with Gasteiger partial charge in [0.15, 0.2) is 0 Å². The first kappa shape index (κ1) is 21.4. The van der Waals surface area contributed by atoms with Gasteiger partial charge in [-0.05, 0) is 37.5 Å². The molecule has 1 aliphatic carbocycles. The average molecular weight is 407 g/mol. The zero-order valence-electron chi connectivity index (χ0n) is 16.8. The Morgan fingerprint density at radius 3 is 2.62 bits per heavy atom. The van der Waals surface area contributed by atoms with E-state index in [0.717, 1.165) is 12.8 Å². The maximum absolute atomic E-state index is 14.4. The van der Waals surface area contributed by atoms with Crippen LogP contribution < -0.4 is 20.9 Å². The summed E-state index contributed by atoms with van der Waals surface area (Å²) >= 11 is 0. The number of carbonyl (C=O) groups excluding carboxylic acids is 2. The zero-order chi connectivity index (χ0) is 20.5. The molecule has 1 saturated heterocycles. The van der Waals surface area contributed by atoms with Crippen LogP contribution in [0.4, 0.5) is 20.6 Å². The molecular weight excluding hydrogens is 375 g/mol. The topological polar surface area (TPSA) is 82.7 Å². The molecule has 3 N–H and O–H groups in total. The van der Waals surface area contributed by atoms with Crippen LogP contribution in [0.1, 0.15) is 44.9 Å². The number of nitrogens with one attached hydrogen (secondary N) is 3. The van der Waals surface area contributed by atoms with Gasteiger partial charge >= 0.3 is 6.03 Å². The zero-order valence-corrected chi connectivity index (χ0v) is 16.8. The van der Waals surface area contributed by atoms with Crippen molar-refractivity contribution in [1.29, 1.82) is 0 Å². The third-order valence-corrected chi connectivity index (χ3v) is 5.39. The number of morpholine rings is 1. The van der Waals surface area contributed by atoms with Crippen LogP contribution in [0, 0.1) is 5.82 Å². The molecule has 1 aromatic carbocycles. The monoisotopic (exact) mass is 406 g/mol. The second kappa shape index (κ2) is 11.0. The third-order valence-electron chi connectivity index (χ3n) is 5.39. The molecule has 1 aromatic rings. The van der Waals surface area contributed by atoms with Gasteiger partial charge < -0.3 is 25.6 Å². The molecule has 160 valence electrons. The molecule has 0 atom stereocenters. The molecule has 7 nitrogen and oxygen atoms in total. The molecule has 0 aromatic heterocycles. The van der Waals surface area contributed by atoms with Crippen LogP contribution in [0.2, 0.25) is 0 Å². The SMILES string of the molecule is O=C(CCCNC(=O)NC1CCCCC1)Nc1ccc(N2CCOCC2)c(F)c1. The van der Waals surface area contributed by atoms with Gasteiger partial charge in [-0.25, -0.2) is 9.18 Å². The normalized spacial score (nSPS) is 17.6. The highest BCUT2D eigenvalue weighted by Crippen LogP contribution is 2.24. The third kappa shape index (κ3) is 6.88. The number of rotatable bonds is 7. The molecule has 1 heterocycles. The predicted molar refractivity (Wildman–Crippen MR) is 111 cm³/mol. The van der Waals surface area contributed by atoms with Gasteiger partial charge in [-0.3, -0.25) is 4.79 Å². The van der Waals surface area contributed by atoms with E-state index in [1.54, 1.807) is 12.1 Å². The average Bonchev–Trinajstić information content (AvgIpc) is 2.73. The summed E-state index contributed by atoms with van der Waals surface area (Å²) in [6, 6.07) is 4.84. The van der Waals surface area contributed by atoms with Crippen LogP contribution >= 0.6 is 0 Å². The van der Waals surface area contributed by atoms with Gasteiger partial charge in [-0.15, -0.1) is 0 Å². The van der Waals surface area contributed by atoms with E-state index in [9.17, 15) is 14.0 Å². The highest BCUT2D eigenvalue weighted by atomic mass is 19.1. The molecule has 2 fully saturated rings. The number of anilines is 2. The molecule has 8 heteroatoms. The van der Waals surface area contributed by atoms with E-state index < -0.39 is 0 Å². The van der Waals surface area contributed by atoms with E-state index in [1.807, 2.05) is 4.90 Å². The first-order valence-corrected chi connectivity index (χ1v) is 10.6. The van der Waals surface area contributed by atoms with Crippen molar-refractivity contribution < 1.29 is 18.7 Å². The highest BCUT2D eigenvalue weighted by molar-refractivity contribution is 5.91. The minimum Gasteiger partial charge on any atom is -0.378 e. The molecule has 29 heavy (non-hydrogen) atoms. The van der Waals surface area contributed by atoms with E-state index >= 15 is 0 Å². The first-order chi connectivity index (χ1) is 14.1. The summed E-state index contributed by atoms with van der Waals surface area (Å²) < 4.78 is 19.7. The standard InChI is InChI=1S/C21H31FN4O3/c22-18-15-17(8-9-19(18)26-11-13-29-14-12-26)24-20(27)7-4-10-23-21(28)25-16-5-2-1-3-6-16/h8-9,15-16H,1-7,10-14H2,(H,24,27)(H2,23,25,28). The number of halogens is 1. The second-order valence-electron chi connectivity index (χ2n) is 7.65. The summed E-state index contributed by atoms with van der Waals surface area (Å²) in [5.74, 6) is -0.552. The van der Waals surface area contributed by atoms with Gasteiger partial charge in [-0.1, -0.05) is 19.3 Å². The van der Waals surface area contributed by atoms with Crippen LogP contribution in [-0.4, -0.2) is 50.8 Å². The van der Waals surface area contributed by atoms with E-state index in [1.165, 1.54) is 25.3 Å². The van der Waals surface area contributed by atoms with Crippen molar-refractivity contribution in [2.24, 2.45) is 0 Å². The Morgan fingerprint density at radius 1 is 1.14 bits per heavy atom. The van der Waals surface area contributed by atoms with Gasteiger partial charge in [0.1, 0.15) is 5.82 Å². The molecule has 0 spiro atoms. The van der Waals surface area contributed by atoms with Crippen LogP contribution in [0.25, 0.3) is 0 Å². The lowest BCUT2D eigenvalue weighted by Crippen LogP contribution is -2.43. The number of urea groups is 1. The predicted octanol–water partition coefficient (Wildman–Crippen LogP) is 3.01. The van der Waals surface area contributed by atoms with Crippen LogP contribution in [0.3, 0.4) is 0 Å². The minimum atomic E-state index is -0.356. The van der Waals surface area contributed by atoms with Crippen molar-refractivity contribution >= 4 is 23.3 Å². The van der Waals surface area contributed by atoms with Crippen molar-refractivity contribution in [2.75, 3.05) is 43.1 Å². The molecule has 3 rings (SSSR count). The van der Waals surface area contributed by atoms with Crippen LogP contribution in [-0.2, 0) is 9.53 Å². The van der Waals surface area contributed by atoms with Crippen molar-refractivity contribution in [1.82, 2.24) is 10.6 Å². The number of hydrogen-bond donors (Lipinski definition) is 3. The van der Waals surface area contributed by atoms with E-state index in [2.05, 4.69) is 16.0 Å². The van der Waals surface area contributed by atoms with Crippen LogP contribution in [0.15, 0.2) is 18.2 Å². The smallest absolute Gasteiger partial charge is 0.315 e. The minimum absolute atomic E-state index is 0.168. The Balaban J connectivity index is 1.34. The summed E-state index contributed by atoms with van der Waals surface area (Å²) in [6.45, 7) is 2.92. The van der Waals surface area contributed by atoms with Gasteiger partial charge in [0.25, 0.3) is 0 Å². The number of ether oxygens (including phenoxy) is 1. The Hall–Kier alpha value is -2.35. The molecule has 1 saturated carbocycles. The summed E-state index contributed by atoms with van der Waals surface area (Å²) in [4.78, 5) is 25.9. The molecule has 3 amide bonds. The van der Waals surface area contributed by atoms with Crippen molar-refractivity contribution in [3.63, 3.8) is 0 Å². The van der Waals surface area contributed by atoms with Gasteiger partial charge in [0.2, 0.25) is 5.91 Å². The summed E-state index contributed by atoms with van der Waals surface area (Å²) in [5.41, 5.74) is 0.965. The molecule has 1 aliphatic heterocycles. The lowest BCUT2D eigenvalue weighted by Gasteiger charge is -2.29. The molecular formula is C21H31FN4O3. The lowest BCUT2D eigenvalue weighted by atomic mass is 9.96. The molecule has 0 bridgehead atoms. The lowest BCUT2D eigenvalue weighted by molar-refractivity contribution is -0.116. The fraction of sp³-hybridized carbons (Fsp3) is 0.619. The first-order valence-electron chi connectivity index (χ1n) is 10.6. The largest absolute Gasteiger partial charge is 0.378 e. The quantitative estimate of drug-likeness (QED) is 0.608. The number of amides is 3. The molecule has 2 aliphatic rings. The van der Waals surface area contributed by atoms with Crippen molar-refractivity contribution in [2.45, 2.75) is 51.0 Å². The van der Waals surface area contributed by atoms with Gasteiger partial charge in [0, 0.05) is 37.8 Å². The number of carbonyl (C=O) groups is 2. The summed E-state index contributed by atoms with van der Waals surface area (Å²) in [6.07, 6.45) is 6.44. The Morgan fingerprint density at radius 2 is 1.90 bits per heavy atom. The fourth-order valence-corrected chi connectivity index (χ4v) is 3.80. The fourth-order valence-electron chi connectivity index (χ4n) is 3.80. The van der Waals surface area contributed by atoms with Gasteiger partial charge in [0.05, 0.1) is 18.9 Å². The number of hydrogen-bond acceptors (Lipinski definition) is 4. The van der Waals surface area contributed by atoms with E-state index in [4.69, 9.17) is 4.74 Å². The highest BCUT2D eigenvalue weighted by Gasteiger charge is 2.16.